The number of nitrogens with zero attached hydrogens (tertiary/aromatic N) is 2. The van der Waals surface area contributed by atoms with Crippen LogP contribution in [-0.4, -0.2) is 9.97 Å². The lowest BCUT2D eigenvalue weighted by atomic mass is 10.0. The molecule has 1 aromatic carbocycles. The van der Waals surface area contributed by atoms with Crippen LogP contribution in [0.4, 0.5) is 13.2 Å². The minimum atomic E-state index is -4.52. The number of aromatic amines is 1. The monoisotopic (exact) mass is 237 g/mol. The van der Waals surface area contributed by atoms with Crippen LogP contribution in [0.25, 0.3) is 11.4 Å². The van der Waals surface area contributed by atoms with Crippen molar-refractivity contribution in [2.45, 2.75) is 6.18 Å². The second kappa shape index (κ2) is 3.94. The highest BCUT2D eigenvalue weighted by Crippen LogP contribution is 2.37. The molecular weight excluding hydrogens is 231 g/mol. The minimum Gasteiger partial charge on any atom is -0.345 e. The fraction of sp³-hybridized carbons (Fsp3) is 0.0909. The average molecular weight is 237 g/mol. The van der Waals surface area contributed by atoms with Crippen molar-refractivity contribution in [2.75, 3.05) is 0 Å². The van der Waals surface area contributed by atoms with E-state index < -0.39 is 11.7 Å². The van der Waals surface area contributed by atoms with Gasteiger partial charge in [-0.3, -0.25) is 0 Å². The predicted molar refractivity (Wildman–Crippen MR) is 53.7 cm³/mol. The molecule has 2 rings (SSSR count). The lowest BCUT2D eigenvalue weighted by Gasteiger charge is -2.12. The standard InChI is InChI=1S/C11H6F3N3/c12-11(13,14)8-3-1-2-7(6-15)9(8)10-16-4-5-17-10/h1-5H,(H,16,17). The van der Waals surface area contributed by atoms with E-state index in [9.17, 15) is 13.2 Å². The second-order valence-electron chi connectivity index (χ2n) is 3.28. The Bertz CT molecular complexity index is 565. The molecule has 0 spiro atoms. The van der Waals surface area contributed by atoms with E-state index in [-0.39, 0.29) is 17.0 Å². The molecule has 3 nitrogen and oxygen atoms in total. The number of alkyl halides is 3. The SMILES string of the molecule is N#Cc1cccc(C(F)(F)F)c1-c1ncc[nH]1. The predicted octanol–water partition coefficient (Wildman–Crippen LogP) is 2.97. The van der Waals surface area contributed by atoms with Gasteiger partial charge in [0.2, 0.25) is 0 Å². The fourth-order valence-electron chi connectivity index (χ4n) is 1.54. The molecule has 2 aromatic rings. The molecule has 0 saturated carbocycles. The molecule has 0 fully saturated rings. The molecule has 0 unspecified atom stereocenters. The Morgan fingerprint density at radius 1 is 1.29 bits per heavy atom. The molecule has 0 aliphatic heterocycles. The first kappa shape index (κ1) is 11.2. The summed E-state index contributed by atoms with van der Waals surface area (Å²) in [5, 5.41) is 8.85. The zero-order chi connectivity index (χ0) is 12.5. The molecule has 0 aliphatic rings. The van der Waals surface area contributed by atoms with Crippen molar-refractivity contribution < 1.29 is 13.2 Å². The van der Waals surface area contributed by atoms with Crippen LogP contribution in [0.1, 0.15) is 11.1 Å². The van der Waals surface area contributed by atoms with Gasteiger partial charge >= 0.3 is 6.18 Å². The molecule has 1 N–H and O–H groups in total. The maximum absolute atomic E-state index is 12.8. The Morgan fingerprint density at radius 3 is 2.59 bits per heavy atom. The number of aromatic nitrogens is 2. The summed E-state index contributed by atoms with van der Waals surface area (Å²) in [6.45, 7) is 0. The third kappa shape index (κ3) is 1.99. The summed E-state index contributed by atoms with van der Waals surface area (Å²) in [6, 6.07) is 5.19. The van der Waals surface area contributed by atoms with E-state index in [0.29, 0.717) is 0 Å². The molecule has 1 aromatic heterocycles. The maximum atomic E-state index is 12.8. The van der Waals surface area contributed by atoms with Gasteiger partial charge in [-0.25, -0.2) is 4.98 Å². The number of nitriles is 1. The summed E-state index contributed by atoms with van der Waals surface area (Å²) in [4.78, 5) is 6.34. The zero-order valence-corrected chi connectivity index (χ0v) is 8.42. The van der Waals surface area contributed by atoms with Crippen LogP contribution >= 0.6 is 0 Å². The maximum Gasteiger partial charge on any atom is 0.417 e. The molecule has 86 valence electrons. The van der Waals surface area contributed by atoms with E-state index in [4.69, 9.17) is 5.26 Å². The largest absolute Gasteiger partial charge is 0.417 e. The number of hydrogen-bond acceptors (Lipinski definition) is 2. The van der Waals surface area contributed by atoms with Gasteiger partial charge in [0, 0.05) is 18.0 Å². The summed E-state index contributed by atoms with van der Waals surface area (Å²) in [5.74, 6) is 0.0366. The van der Waals surface area contributed by atoms with Crippen LogP contribution < -0.4 is 0 Å². The van der Waals surface area contributed by atoms with Gasteiger partial charge in [-0.2, -0.15) is 18.4 Å². The van der Waals surface area contributed by atoms with Gasteiger partial charge in [0.25, 0.3) is 0 Å². The first-order valence-electron chi connectivity index (χ1n) is 4.64. The van der Waals surface area contributed by atoms with Crippen molar-refractivity contribution in [3.8, 4) is 17.5 Å². The average Bonchev–Trinajstić information content (AvgIpc) is 2.80. The van der Waals surface area contributed by atoms with Gasteiger partial charge in [0.15, 0.2) is 0 Å². The van der Waals surface area contributed by atoms with Crippen molar-refractivity contribution in [3.05, 3.63) is 41.7 Å². The summed E-state index contributed by atoms with van der Waals surface area (Å²) >= 11 is 0. The quantitative estimate of drug-likeness (QED) is 0.828. The zero-order valence-electron chi connectivity index (χ0n) is 8.42. The molecular formula is C11H6F3N3. The molecule has 0 bridgehead atoms. The van der Waals surface area contributed by atoms with Gasteiger partial charge in [-0.15, -0.1) is 0 Å². The fourth-order valence-corrected chi connectivity index (χ4v) is 1.54. The Balaban J connectivity index is 2.75. The van der Waals surface area contributed by atoms with Crippen molar-refractivity contribution in [1.82, 2.24) is 9.97 Å². The Hall–Kier alpha value is -2.29. The number of benzene rings is 1. The smallest absolute Gasteiger partial charge is 0.345 e. The number of imidazole rings is 1. The summed E-state index contributed by atoms with van der Waals surface area (Å²) in [7, 11) is 0. The van der Waals surface area contributed by atoms with Crippen LogP contribution in [0.3, 0.4) is 0 Å². The van der Waals surface area contributed by atoms with Crippen molar-refractivity contribution in [1.29, 1.82) is 5.26 Å². The van der Waals surface area contributed by atoms with E-state index in [2.05, 4.69) is 9.97 Å². The molecule has 0 aliphatic carbocycles. The van der Waals surface area contributed by atoms with E-state index in [1.165, 1.54) is 24.5 Å². The summed E-state index contributed by atoms with van der Waals surface area (Å²) < 4.78 is 38.4. The number of rotatable bonds is 1. The van der Waals surface area contributed by atoms with Crippen LogP contribution in [0.5, 0.6) is 0 Å². The molecule has 1 heterocycles. The molecule has 6 heteroatoms. The molecule has 0 amide bonds. The van der Waals surface area contributed by atoms with Gasteiger partial charge < -0.3 is 4.98 Å². The highest BCUT2D eigenvalue weighted by atomic mass is 19.4. The van der Waals surface area contributed by atoms with Crippen LogP contribution in [0.15, 0.2) is 30.6 Å². The topological polar surface area (TPSA) is 52.5 Å². The number of hydrogen-bond donors (Lipinski definition) is 1. The third-order valence-corrected chi connectivity index (χ3v) is 2.23. The highest BCUT2D eigenvalue weighted by Gasteiger charge is 2.35. The van der Waals surface area contributed by atoms with E-state index in [0.717, 1.165) is 6.07 Å². The Kier molecular flexibility index (Phi) is 2.60. The molecule has 0 saturated heterocycles. The normalized spacial score (nSPS) is 11.2. The number of nitrogens with one attached hydrogen (secondary N) is 1. The molecule has 0 atom stereocenters. The Labute approximate surface area is 94.5 Å². The van der Waals surface area contributed by atoms with Gasteiger partial charge in [-0.05, 0) is 12.1 Å². The van der Waals surface area contributed by atoms with Crippen molar-refractivity contribution >= 4 is 0 Å². The third-order valence-electron chi connectivity index (χ3n) is 2.23. The van der Waals surface area contributed by atoms with Gasteiger partial charge in [0.1, 0.15) is 5.82 Å². The number of H-pyrrole nitrogens is 1. The minimum absolute atomic E-state index is 0.0366. The second-order valence-corrected chi connectivity index (χ2v) is 3.28. The van der Waals surface area contributed by atoms with Crippen LogP contribution in [0.2, 0.25) is 0 Å². The summed E-state index contributed by atoms with van der Waals surface area (Å²) in [6.07, 6.45) is -1.78. The van der Waals surface area contributed by atoms with E-state index >= 15 is 0 Å². The number of halogens is 3. The first-order valence-corrected chi connectivity index (χ1v) is 4.64. The van der Waals surface area contributed by atoms with Crippen LogP contribution in [0, 0.1) is 11.3 Å². The van der Waals surface area contributed by atoms with Gasteiger partial charge in [-0.1, -0.05) is 6.07 Å². The lowest BCUT2D eigenvalue weighted by molar-refractivity contribution is -0.137. The van der Waals surface area contributed by atoms with E-state index in [1.54, 1.807) is 6.07 Å². The highest BCUT2D eigenvalue weighted by molar-refractivity contribution is 5.69. The summed E-state index contributed by atoms with van der Waals surface area (Å²) in [5.41, 5.74) is -1.14. The van der Waals surface area contributed by atoms with Crippen molar-refractivity contribution in [2.24, 2.45) is 0 Å². The Morgan fingerprint density at radius 2 is 2.06 bits per heavy atom. The molecule has 17 heavy (non-hydrogen) atoms. The molecule has 0 radical (unpaired) electrons. The lowest BCUT2D eigenvalue weighted by Crippen LogP contribution is -2.08. The first-order chi connectivity index (χ1) is 8.04. The van der Waals surface area contributed by atoms with Crippen LogP contribution in [-0.2, 0) is 6.18 Å². The van der Waals surface area contributed by atoms with Crippen molar-refractivity contribution in [3.63, 3.8) is 0 Å². The van der Waals surface area contributed by atoms with E-state index in [1.807, 2.05) is 0 Å². The van der Waals surface area contributed by atoms with Gasteiger partial charge in [0.05, 0.1) is 17.2 Å².